The van der Waals surface area contributed by atoms with Crippen molar-refractivity contribution in [2.24, 2.45) is 0 Å². The summed E-state index contributed by atoms with van der Waals surface area (Å²) in [6, 6.07) is 19.7. The van der Waals surface area contributed by atoms with Crippen molar-refractivity contribution >= 4 is 11.8 Å². The number of carbonyl (C=O) groups is 1. The molecule has 0 spiro atoms. The molecular weight excluding hydrogens is 338 g/mol. The molecule has 5 heteroatoms. The average Bonchev–Trinajstić information content (AvgIpc) is 3.04. The van der Waals surface area contributed by atoms with Gasteiger partial charge in [-0.3, -0.25) is 0 Å². The number of benzene rings is 2. The standard InChI is InChI=1S/C22H21N3O2/c1-3-27-22(26)18-14-23-21-19(16-10-6-4-7-11-16)15(2)24-25(21)20(18)17-12-8-5-9-13-17/h4-14,20,23H,3H2,1-2H3/t20-/m1/s1. The molecule has 0 fully saturated rings. The summed E-state index contributed by atoms with van der Waals surface area (Å²) >= 11 is 0. The Hall–Kier alpha value is -3.34. The number of hydrogen-bond donors (Lipinski definition) is 1. The van der Waals surface area contributed by atoms with Gasteiger partial charge in [0.25, 0.3) is 0 Å². The van der Waals surface area contributed by atoms with Crippen LogP contribution in [0.2, 0.25) is 0 Å². The van der Waals surface area contributed by atoms with Crippen LogP contribution in [-0.4, -0.2) is 22.4 Å². The number of ether oxygens (including phenoxy) is 1. The summed E-state index contributed by atoms with van der Waals surface area (Å²) in [5.74, 6) is 0.541. The monoisotopic (exact) mass is 359 g/mol. The maximum atomic E-state index is 12.6. The minimum Gasteiger partial charge on any atom is -0.463 e. The van der Waals surface area contributed by atoms with Gasteiger partial charge >= 0.3 is 5.97 Å². The van der Waals surface area contributed by atoms with Crippen LogP contribution in [0.5, 0.6) is 0 Å². The fourth-order valence-corrected chi connectivity index (χ4v) is 3.52. The summed E-state index contributed by atoms with van der Waals surface area (Å²) in [6.45, 7) is 4.13. The van der Waals surface area contributed by atoms with E-state index in [2.05, 4.69) is 17.4 Å². The van der Waals surface area contributed by atoms with E-state index >= 15 is 0 Å². The second-order valence-electron chi connectivity index (χ2n) is 6.40. The van der Waals surface area contributed by atoms with Crippen molar-refractivity contribution in [1.82, 2.24) is 9.78 Å². The molecule has 2 heterocycles. The number of fused-ring (bicyclic) bond motifs is 1. The average molecular weight is 359 g/mol. The van der Waals surface area contributed by atoms with Gasteiger partial charge in [-0.2, -0.15) is 5.10 Å². The molecule has 1 aliphatic rings. The molecule has 1 aromatic heterocycles. The summed E-state index contributed by atoms with van der Waals surface area (Å²) in [5.41, 5.74) is 4.56. The third kappa shape index (κ3) is 3.01. The lowest BCUT2D eigenvalue weighted by atomic mass is 9.97. The molecule has 0 saturated carbocycles. The maximum Gasteiger partial charge on any atom is 0.338 e. The summed E-state index contributed by atoms with van der Waals surface area (Å²) in [4.78, 5) is 12.6. The molecule has 27 heavy (non-hydrogen) atoms. The van der Waals surface area contributed by atoms with Gasteiger partial charge in [-0.1, -0.05) is 60.7 Å². The molecule has 4 rings (SSSR count). The Morgan fingerprint density at radius 2 is 1.78 bits per heavy atom. The quantitative estimate of drug-likeness (QED) is 0.705. The first-order valence-corrected chi connectivity index (χ1v) is 9.04. The van der Waals surface area contributed by atoms with Crippen LogP contribution >= 0.6 is 0 Å². The number of nitrogens with one attached hydrogen (secondary N) is 1. The highest BCUT2D eigenvalue weighted by atomic mass is 16.5. The van der Waals surface area contributed by atoms with Crippen LogP contribution in [0.3, 0.4) is 0 Å². The van der Waals surface area contributed by atoms with E-state index in [0.29, 0.717) is 12.2 Å². The molecule has 1 N–H and O–H groups in total. The van der Waals surface area contributed by atoms with Crippen LogP contribution in [0.15, 0.2) is 72.4 Å². The van der Waals surface area contributed by atoms with Crippen molar-refractivity contribution in [3.8, 4) is 11.1 Å². The second-order valence-corrected chi connectivity index (χ2v) is 6.40. The van der Waals surface area contributed by atoms with E-state index in [1.165, 1.54) is 0 Å². The fraction of sp³-hybridized carbons (Fsp3) is 0.182. The van der Waals surface area contributed by atoms with E-state index in [9.17, 15) is 4.79 Å². The lowest BCUT2D eigenvalue weighted by Gasteiger charge is -2.26. The van der Waals surface area contributed by atoms with Gasteiger partial charge < -0.3 is 10.1 Å². The van der Waals surface area contributed by atoms with Gasteiger partial charge in [-0.15, -0.1) is 0 Å². The molecule has 0 saturated heterocycles. The summed E-state index contributed by atoms with van der Waals surface area (Å²) in [6.07, 6.45) is 1.75. The highest BCUT2D eigenvalue weighted by molar-refractivity contribution is 5.92. The Balaban J connectivity index is 1.88. The fourth-order valence-electron chi connectivity index (χ4n) is 3.52. The topological polar surface area (TPSA) is 56.1 Å². The molecule has 3 aromatic rings. The lowest BCUT2D eigenvalue weighted by Crippen LogP contribution is -2.27. The van der Waals surface area contributed by atoms with Crippen LogP contribution in [-0.2, 0) is 9.53 Å². The molecule has 1 aliphatic heterocycles. The van der Waals surface area contributed by atoms with Crippen molar-refractivity contribution in [1.29, 1.82) is 0 Å². The number of carbonyl (C=O) groups excluding carboxylic acids is 1. The molecule has 1 atom stereocenters. The van der Waals surface area contributed by atoms with E-state index in [0.717, 1.165) is 28.2 Å². The number of hydrogen-bond acceptors (Lipinski definition) is 4. The normalized spacial score (nSPS) is 15.5. The van der Waals surface area contributed by atoms with Crippen LogP contribution in [0.1, 0.15) is 24.2 Å². The number of aryl methyl sites for hydroxylation is 1. The van der Waals surface area contributed by atoms with Crippen molar-refractivity contribution in [3.05, 3.63) is 83.7 Å². The molecule has 0 bridgehead atoms. The highest BCUT2D eigenvalue weighted by Crippen LogP contribution is 2.40. The van der Waals surface area contributed by atoms with Crippen LogP contribution in [0.4, 0.5) is 5.82 Å². The molecule has 0 amide bonds. The van der Waals surface area contributed by atoms with Gasteiger partial charge in [-0.25, -0.2) is 9.48 Å². The third-order valence-electron chi connectivity index (χ3n) is 4.68. The van der Waals surface area contributed by atoms with E-state index in [-0.39, 0.29) is 12.0 Å². The summed E-state index contributed by atoms with van der Waals surface area (Å²) in [7, 11) is 0. The zero-order valence-corrected chi connectivity index (χ0v) is 15.3. The Morgan fingerprint density at radius 3 is 2.44 bits per heavy atom. The van der Waals surface area contributed by atoms with Crippen LogP contribution < -0.4 is 5.32 Å². The van der Waals surface area contributed by atoms with E-state index < -0.39 is 0 Å². The SMILES string of the molecule is CCOC(=O)C1=CNc2c(-c3ccccc3)c(C)nn2[C@@H]1c1ccccc1. The minimum atomic E-state index is -0.335. The van der Waals surface area contributed by atoms with E-state index in [1.807, 2.05) is 67.1 Å². The second kappa shape index (κ2) is 7.11. The first kappa shape index (κ1) is 17.1. The number of aromatic nitrogens is 2. The van der Waals surface area contributed by atoms with E-state index in [1.54, 1.807) is 6.20 Å². The van der Waals surface area contributed by atoms with Crippen molar-refractivity contribution < 1.29 is 9.53 Å². The molecule has 2 aromatic carbocycles. The number of esters is 1. The van der Waals surface area contributed by atoms with Crippen molar-refractivity contribution in [3.63, 3.8) is 0 Å². The first-order chi connectivity index (χ1) is 13.2. The van der Waals surface area contributed by atoms with E-state index in [4.69, 9.17) is 9.84 Å². The molecule has 5 nitrogen and oxygen atoms in total. The van der Waals surface area contributed by atoms with Crippen molar-refractivity contribution in [2.75, 3.05) is 11.9 Å². The molecule has 0 unspecified atom stereocenters. The smallest absolute Gasteiger partial charge is 0.338 e. The molecular formula is C22H21N3O2. The summed E-state index contributed by atoms with van der Waals surface area (Å²) in [5, 5.41) is 8.06. The predicted octanol–water partition coefficient (Wildman–Crippen LogP) is 4.32. The molecule has 0 radical (unpaired) electrons. The number of nitrogens with zero attached hydrogens (tertiary/aromatic N) is 2. The van der Waals surface area contributed by atoms with Gasteiger partial charge in [0.1, 0.15) is 11.9 Å². The predicted molar refractivity (Wildman–Crippen MR) is 105 cm³/mol. The maximum absolute atomic E-state index is 12.6. The largest absolute Gasteiger partial charge is 0.463 e. The Bertz CT molecular complexity index is 991. The van der Waals surface area contributed by atoms with Gasteiger partial charge in [-0.05, 0) is 25.0 Å². The Morgan fingerprint density at radius 1 is 1.11 bits per heavy atom. The Labute approximate surface area is 158 Å². The van der Waals surface area contributed by atoms with Crippen molar-refractivity contribution in [2.45, 2.75) is 19.9 Å². The third-order valence-corrected chi connectivity index (χ3v) is 4.68. The molecule has 136 valence electrons. The summed E-state index contributed by atoms with van der Waals surface area (Å²) < 4.78 is 7.17. The highest BCUT2D eigenvalue weighted by Gasteiger charge is 2.33. The first-order valence-electron chi connectivity index (χ1n) is 9.04. The van der Waals surface area contributed by atoms with Crippen LogP contribution in [0.25, 0.3) is 11.1 Å². The van der Waals surface area contributed by atoms with Gasteiger partial charge in [0, 0.05) is 11.8 Å². The van der Waals surface area contributed by atoms with Crippen LogP contribution in [0, 0.1) is 6.92 Å². The molecule has 0 aliphatic carbocycles. The Kier molecular flexibility index (Phi) is 4.50. The van der Waals surface area contributed by atoms with Gasteiger partial charge in [0.15, 0.2) is 0 Å². The van der Waals surface area contributed by atoms with Gasteiger partial charge in [0.05, 0.1) is 17.9 Å². The zero-order chi connectivity index (χ0) is 18.8. The zero-order valence-electron chi connectivity index (χ0n) is 15.3. The number of anilines is 1. The number of rotatable bonds is 4. The minimum absolute atomic E-state index is 0.331. The lowest BCUT2D eigenvalue weighted by molar-refractivity contribution is -0.139. The van der Waals surface area contributed by atoms with Gasteiger partial charge in [0.2, 0.25) is 0 Å².